The molecule has 0 aliphatic rings. The Kier molecular flexibility index (Phi) is 4.92. The molecule has 0 amide bonds. The number of carboxylic acids is 2. The first-order chi connectivity index (χ1) is 16.9. The fourth-order valence-electron chi connectivity index (χ4n) is 2.70. The topological polar surface area (TPSA) is 92.4 Å². The number of aryl methyl sites for hydroxylation is 1. The zero-order valence-corrected chi connectivity index (χ0v) is 17.0. The third-order valence-electron chi connectivity index (χ3n) is 4.22. The van der Waals surface area contributed by atoms with Gasteiger partial charge in [0.15, 0.2) is 0 Å². The highest BCUT2D eigenvalue weighted by molar-refractivity contribution is 7.09. The summed E-state index contributed by atoms with van der Waals surface area (Å²) in [4.78, 5) is 28.6. The zero-order chi connectivity index (χ0) is 26.8. The first-order valence-corrected chi connectivity index (χ1v) is 10.2. The molecule has 0 aliphatic carbocycles. The van der Waals surface area contributed by atoms with E-state index in [4.69, 9.17) is 8.22 Å². The Labute approximate surface area is 187 Å². The summed E-state index contributed by atoms with van der Waals surface area (Å²) < 4.78 is 51.6. The van der Waals surface area contributed by atoms with Crippen molar-refractivity contribution in [2.75, 3.05) is 0 Å². The average Bonchev–Trinajstić information content (AvgIpc) is 3.45. The van der Waals surface area contributed by atoms with E-state index in [0.29, 0.717) is 12.8 Å². The molecule has 0 unspecified atom stereocenters. The van der Waals surface area contributed by atoms with E-state index in [1.807, 2.05) is 12.3 Å². The summed E-state index contributed by atoms with van der Waals surface area (Å²) in [6, 6.07) is 0.145. The highest BCUT2D eigenvalue weighted by Crippen LogP contribution is 2.20. The first-order valence-electron chi connectivity index (χ1n) is 12.3. The van der Waals surface area contributed by atoms with Crippen molar-refractivity contribution in [1.82, 2.24) is 9.55 Å². The Morgan fingerprint density at radius 2 is 2.07 bits per heavy atom. The average molecular weight is 431 g/mol. The molecule has 3 aromatic rings. The summed E-state index contributed by atoms with van der Waals surface area (Å²) >= 11 is 1.37. The van der Waals surface area contributed by atoms with Crippen LogP contribution < -0.4 is 0 Å². The summed E-state index contributed by atoms with van der Waals surface area (Å²) in [5.74, 6) is -2.64. The van der Waals surface area contributed by atoms with Gasteiger partial charge in [-0.2, -0.15) is 0 Å². The molecule has 6 nitrogen and oxygen atoms in total. The molecule has 0 saturated carbocycles. The van der Waals surface area contributed by atoms with E-state index >= 15 is 0 Å². The molecule has 30 heavy (non-hydrogen) atoms. The molecule has 0 atom stereocenters. The lowest BCUT2D eigenvalue weighted by atomic mass is 10.1. The monoisotopic (exact) mass is 430 g/mol. The lowest BCUT2D eigenvalue weighted by Crippen LogP contribution is -2.09. The van der Waals surface area contributed by atoms with Crippen molar-refractivity contribution >= 4 is 29.4 Å². The van der Waals surface area contributed by atoms with Gasteiger partial charge in [0.25, 0.3) is 0 Å². The number of carbonyl (C=O) groups is 2. The zero-order valence-electron chi connectivity index (χ0n) is 22.2. The standard InChI is InChI=1S/C23H24N2O4S/c1-2-3-6-21-24-14-19(12-18(23(28)29)13-20-5-4-11-30-20)25(21)15-16-7-9-17(10-8-16)22(26)27/h4-5,7-12,14H,2-3,6,13,15H2,1H3,(H,26,27)(H,28,29)/b18-12+/i7D,8D,9D,10D,15D2. The van der Waals surface area contributed by atoms with Gasteiger partial charge in [0.2, 0.25) is 0 Å². The highest BCUT2D eigenvalue weighted by Gasteiger charge is 2.14. The van der Waals surface area contributed by atoms with Crippen molar-refractivity contribution in [2.24, 2.45) is 0 Å². The number of aliphatic carboxylic acids is 1. The molecule has 2 heterocycles. The Morgan fingerprint density at radius 3 is 2.67 bits per heavy atom. The van der Waals surface area contributed by atoms with Crippen LogP contribution in [0.3, 0.4) is 0 Å². The molecule has 2 aromatic heterocycles. The van der Waals surface area contributed by atoms with E-state index in [0.717, 1.165) is 15.9 Å². The summed E-state index contributed by atoms with van der Waals surface area (Å²) in [7, 11) is 0. The normalized spacial score (nSPS) is 14.9. The Balaban J connectivity index is 2.27. The van der Waals surface area contributed by atoms with Gasteiger partial charge in [0, 0.05) is 29.8 Å². The number of hydrogen-bond acceptors (Lipinski definition) is 4. The summed E-state index contributed by atoms with van der Waals surface area (Å²) in [5.41, 5.74) is -1.48. The second-order valence-electron chi connectivity index (χ2n) is 6.44. The predicted molar refractivity (Wildman–Crippen MR) is 117 cm³/mol. The van der Waals surface area contributed by atoms with Crippen molar-refractivity contribution in [1.29, 1.82) is 0 Å². The Morgan fingerprint density at radius 1 is 1.30 bits per heavy atom. The van der Waals surface area contributed by atoms with Gasteiger partial charge in [-0.1, -0.05) is 31.5 Å². The van der Waals surface area contributed by atoms with Crippen molar-refractivity contribution in [3.63, 3.8) is 0 Å². The van der Waals surface area contributed by atoms with Crippen molar-refractivity contribution in [3.8, 4) is 0 Å². The molecule has 3 rings (SSSR count). The molecule has 0 aliphatic heterocycles. The lowest BCUT2D eigenvalue weighted by molar-refractivity contribution is -0.132. The number of carboxylic acid groups (broad SMARTS) is 2. The number of benzene rings is 1. The molecule has 0 bridgehead atoms. The van der Waals surface area contributed by atoms with Gasteiger partial charge in [-0.15, -0.1) is 11.3 Å². The third kappa shape index (κ3) is 5.45. The van der Waals surface area contributed by atoms with E-state index in [1.165, 1.54) is 23.6 Å². The van der Waals surface area contributed by atoms with Gasteiger partial charge in [-0.05, 0) is 41.6 Å². The SMILES string of the molecule is [2H]c1c([2H])c(C([2H])([2H])n2c(/C=C(\Cc3cccs3)C(=O)O)cnc2CCCC)c([2H])c([2H])c1C(=O)O. The van der Waals surface area contributed by atoms with E-state index in [1.54, 1.807) is 12.1 Å². The number of thiophene rings is 1. The van der Waals surface area contributed by atoms with E-state index in [2.05, 4.69) is 4.98 Å². The van der Waals surface area contributed by atoms with E-state index < -0.39 is 53.7 Å². The third-order valence-corrected chi connectivity index (χ3v) is 5.10. The van der Waals surface area contributed by atoms with Crippen LogP contribution in [0, 0.1) is 0 Å². The minimum atomic E-state index is -2.71. The largest absolute Gasteiger partial charge is 0.478 e. The Bertz CT molecular complexity index is 1310. The minimum absolute atomic E-state index is 0.0304. The van der Waals surface area contributed by atoms with Gasteiger partial charge in [0.1, 0.15) is 5.82 Å². The quantitative estimate of drug-likeness (QED) is 0.453. The van der Waals surface area contributed by atoms with Gasteiger partial charge in [0.05, 0.1) is 25.7 Å². The number of aromatic carboxylic acids is 1. The van der Waals surface area contributed by atoms with Crippen molar-refractivity contribution in [3.05, 3.63) is 81.0 Å². The molecule has 0 radical (unpaired) electrons. The second kappa shape index (κ2) is 10.0. The highest BCUT2D eigenvalue weighted by atomic mass is 32.1. The van der Waals surface area contributed by atoms with Crippen molar-refractivity contribution < 1.29 is 28.0 Å². The van der Waals surface area contributed by atoms with Gasteiger partial charge in [-0.25, -0.2) is 14.6 Å². The molecule has 0 fully saturated rings. The molecule has 156 valence electrons. The van der Waals surface area contributed by atoms with Crippen molar-refractivity contribution in [2.45, 2.75) is 39.1 Å². The fraction of sp³-hybridized carbons (Fsp3) is 0.261. The van der Waals surface area contributed by atoms with Crippen LogP contribution >= 0.6 is 11.3 Å². The number of nitrogens with zero attached hydrogens (tertiary/aromatic N) is 2. The van der Waals surface area contributed by atoms with Crippen LogP contribution in [0.1, 0.15) is 60.3 Å². The van der Waals surface area contributed by atoms with E-state index in [9.17, 15) is 19.8 Å². The number of aromatic nitrogens is 2. The summed E-state index contributed by atoms with van der Waals surface area (Å²) in [6.45, 7) is -0.784. The molecular formula is C23H24N2O4S. The Hall–Kier alpha value is -3.19. The smallest absolute Gasteiger partial charge is 0.335 e. The van der Waals surface area contributed by atoms with Crippen LogP contribution in [-0.4, -0.2) is 31.7 Å². The van der Waals surface area contributed by atoms with Crippen LogP contribution in [0.5, 0.6) is 0 Å². The molecular weight excluding hydrogens is 400 g/mol. The predicted octanol–water partition coefficient (Wildman–Crippen LogP) is 4.74. The van der Waals surface area contributed by atoms with Crippen LogP contribution in [-0.2, 0) is 24.1 Å². The number of imidazole rings is 1. The number of hydrogen-bond donors (Lipinski definition) is 2. The first kappa shape index (κ1) is 14.7. The molecule has 0 spiro atoms. The molecule has 1 aromatic carbocycles. The van der Waals surface area contributed by atoms with Gasteiger partial charge < -0.3 is 14.8 Å². The second-order valence-corrected chi connectivity index (χ2v) is 7.47. The maximum Gasteiger partial charge on any atom is 0.335 e. The summed E-state index contributed by atoms with van der Waals surface area (Å²) in [5, 5.41) is 20.9. The van der Waals surface area contributed by atoms with Crippen LogP contribution in [0.4, 0.5) is 0 Å². The fourth-order valence-corrected chi connectivity index (χ4v) is 3.43. The molecule has 0 saturated heterocycles. The maximum atomic E-state index is 12.0. The number of rotatable bonds is 10. The van der Waals surface area contributed by atoms with Gasteiger partial charge in [-0.3, -0.25) is 0 Å². The van der Waals surface area contributed by atoms with Crippen LogP contribution in [0.2, 0.25) is 0 Å². The van der Waals surface area contributed by atoms with Crippen LogP contribution in [0.15, 0.2) is 53.5 Å². The maximum absolute atomic E-state index is 12.0. The summed E-state index contributed by atoms with van der Waals surface area (Å²) in [6.07, 6.45) is 4.37. The van der Waals surface area contributed by atoms with Crippen LogP contribution in [0.25, 0.3) is 6.08 Å². The minimum Gasteiger partial charge on any atom is -0.478 e. The lowest BCUT2D eigenvalue weighted by Gasteiger charge is -2.12. The number of unbranched alkanes of at least 4 members (excludes halogenated alkanes) is 1. The van der Waals surface area contributed by atoms with E-state index in [-0.39, 0.29) is 23.5 Å². The molecule has 2 N–H and O–H groups in total. The van der Waals surface area contributed by atoms with Gasteiger partial charge >= 0.3 is 11.9 Å². The molecule has 7 heteroatoms.